The molecule has 0 heterocycles. The van der Waals surface area contributed by atoms with E-state index in [0.717, 1.165) is 0 Å². The highest BCUT2D eigenvalue weighted by Crippen LogP contribution is 2.15. The number of hydrogen-bond donors (Lipinski definition) is 0. The van der Waals surface area contributed by atoms with Crippen LogP contribution in [0.1, 0.15) is 39.5 Å². The summed E-state index contributed by atoms with van der Waals surface area (Å²) >= 11 is 0. The molecule has 0 aliphatic heterocycles. The second-order valence-corrected chi connectivity index (χ2v) is 1.41. The zero-order valence-electron chi connectivity index (χ0n) is 5.24. The molecule has 1 aliphatic carbocycles. The smallest absolute Gasteiger partial charge is 0.0533 e. The van der Waals surface area contributed by atoms with Crippen molar-refractivity contribution in [2.75, 3.05) is 0 Å². The van der Waals surface area contributed by atoms with E-state index in [2.05, 4.69) is 0 Å². The first-order valence-corrected chi connectivity index (χ1v) is 3.00. The number of hydrogen-bond acceptors (Lipinski definition) is 0. The SMILES string of the molecule is C1CCC1.CC.I. The molecule has 0 spiro atoms. The van der Waals surface area contributed by atoms with Crippen LogP contribution in [0.5, 0.6) is 0 Å². The van der Waals surface area contributed by atoms with E-state index in [4.69, 9.17) is 0 Å². The van der Waals surface area contributed by atoms with Gasteiger partial charge in [0.15, 0.2) is 0 Å². The molecule has 0 N–H and O–H groups in total. The third kappa shape index (κ3) is 6.73. The van der Waals surface area contributed by atoms with E-state index in [1.165, 1.54) is 25.7 Å². The number of rotatable bonds is 0. The summed E-state index contributed by atoms with van der Waals surface area (Å²) in [6, 6.07) is 0. The van der Waals surface area contributed by atoms with Gasteiger partial charge in [-0.3, -0.25) is 0 Å². The van der Waals surface area contributed by atoms with Crippen molar-refractivity contribution in [3.8, 4) is 0 Å². The van der Waals surface area contributed by atoms with E-state index in [9.17, 15) is 0 Å². The van der Waals surface area contributed by atoms with Crippen molar-refractivity contribution in [3.05, 3.63) is 0 Å². The summed E-state index contributed by atoms with van der Waals surface area (Å²) in [5.74, 6) is 0. The lowest BCUT2D eigenvalue weighted by atomic mass is 10.0. The molecule has 0 unspecified atom stereocenters. The van der Waals surface area contributed by atoms with Crippen LogP contribution in [0, 0.1) is 0 Å². The van der Waals surface area contributed by atoms with E-state index in [0.29, 0.717) is 0 Å². The maximum atomic E-state index is 2.00. The number of halogens is 1. The lowest BCUT2D eigenvalue weighted by molar-refractivity contribution is 0.504. The Kier molecular flexibility index (Phi) is 15.0. The van der Waals surface area contributed by atoms with Crippen molar-refractivity contribution in [2.24, 2.45) is 0 Å². The summed E-state index contributed by atoms with van der Waals surface area (Å²) in [6.07, 6.45) is 6.00. The Morgan fingerprint density at radius 1 is 0.714 bits per heavy atom. The molecule has 0 bridgehead atoms. The van der Waals surface area contributed by atoms with Gasteiger partial charge in [0, 0.05) is 0 Å². The first-order valence-electron chi connectivity index (χ1n) is 3.00. The van der Waals surface area contributed by atoms with E-state index >= 15 is 0 Å². The molecule has 0 aromatic heterocycles. The van der Waals surface area contributed by atoms with Gasteiger partial charge in [0.1, 0.15) is 0 Å². The van der Waals surface area contributed by atoms with E-state index in [1.807, 2.05) is 13.8 Å². The molecule has 0 aromatic carbocycles. The summed E-state index contributed by atoms with van der Waals surface area (Å²) in [6.45, 7) is 4.00. The Hall–Kier alpha value is 0.730. The van der Waals surface area contributed by atoms with Crippen LogP contribution in [-0.4, -0.2) is 0 Å². The van der Waals surface area contributed by atoms with Crippen molar-refractivity contribution >= 4 is 24.0 Å². The van der Waals surface area contributed by atoms with Gasteiger partial charge in [0.05, 0.1) is 0 Å². The summed E-state index contributed by atoms with van der Waals surface area (Å²) in [4.78, 5) is 0. The van der Waals surface area contributed by atoms with Crippen molar-refractivity contribution in [1.82, 2.24) is 0 Å². The van der Waals surface area contributed by atoms with Gasteiger partial charge in [-0.1, -0.05) is 39.5 Å². The molecule has 0 aromatic rings. The monoisotopic (exact) mass is 214 g/mol. The maximum Gasteiger partial charge on any atom is -0.0533 e. The fraction of sp³-hybridized carbons (Fsp3) is 1.00. The summed E-state index contributed by atoms with van der Waals surface area (Å²) in [5, 5.41) is 0. The molecule has 1 saturated carbocycles. The van der Waals surface area contributed by atoms with Crippen molar-refractivity contribution in [3.63, 3.8) is 0 Å². The predicted octanol–water partition coefficient (Wildman–Crippen LogP) is 3.20. The average molecular weight is 214 g/mol. The van der Waals surface area contributed by atoms with Gasteiger partial charge < -0.3 is 0 Å². The standard InChI is InChI=1S/C4H8.C2H6.HI/c1-2-4-3-1;1-2;/h1-4H2;1-2H3;1H. The molecular weight excluding hydrogens is 199 g/mol. The zero-order valence-corrected chi connectivity index (χ0v) is 7.57. The molecule has 7 heavy (non-hydrogen) atoms. The summed E-state index contributed by atoms with van der Waals surface area (Å²) in [7, 11) is 0. The van der Waals surface area contributed by atoms with Gasteiger partial charge >= 0.3 is 0 Å². The topological polar surface area (TPSA) is 0 Å². The quantitative estimate of drug-likeness (QED) is 0.543. The fourth-order valence-electron chi connectivity index (χ4n) is 0.250. The van der Waals surface area contributed by atoms with Crippen molar-refractivity contribution in [2.45, 2.75) is 39.5 Å². The third-order valence-corrected chi connectivity index (χ3v) is 1.000. The molecule has 0 amide bonds. The van der Waals surface area contributed by atoms with E-state index < -0.39 is 0 Å². The lowest BCUT2D eigenvalue weighted by Gasteiger charge is -2.05. The van der Waals surface area contributed by atoms with Crippen molar-refractivity contribution in [1.29, 1.82) is 0 Å². The largest absolute Gasteiger partial charge is 0.107 e. The van der Waals surface area contributed by atoms with Gasteiger partial charge in [0.2, 0.25) is 0 Å². The van der Waals surface area contributed by atoms with Crippen LogP contribution < -0.4 is 0 Å². The Labute approximate surface area is 63.7 Å². The van der Waals surface area contributed by atoms with Crippen LogP contribution in [0.25, 0.3) is 0 Å². The molecule has 0 atom stereocenters. The van der Waals surface area contributed by atoms with Gasteiger partial charge in [-0.15, -0.1) is 24.0 Å². The maximum absolute atomic E-state index is 2.00. The van der Waals surface area contributed by atoms with Crippen LogP contribution in [0.2, 0.25) is 0 Å². The van der Waals surface area contributed by atoms with Crippen LogP contribution >= 0.6 is 24.0 Å². The Morgan fingerprint density at radius 3 is 0.857 bits per heavy atom. The van der Waals surface area contributed by atoms with Gasteiger partial charge in [0.25, 0.3) is 0 Å². The molecule has 0 radical (unpaired) electrons. The Bertz CT molecular complexity index is 12.1. The Morgan fingerprint density at radius 2 is 0.857 bits per heavy atom. The minimum absolute atomic E-state index is 0. The molecule has 1 rings (SSSR count). The third-order valence-electron chi connectivity index (χ3n) is 1.000. The molecule has 1 fully saturated rings. The van der Waals surface area contributed by atoms with Gasteiger partial charge in [-0.25, -0.2) is 0 Å². The van der Waals surface area contributed by atoms with Crippen LogP contribution in [-0.2, 0) is 0 Å². The molecule has 1 heteroatoms. The van der Waals surface area contributed by atoms with E-state index in [-0.39, 0.29) is 24.0 Å². The van der Waals surface area contributed by atoms with Gasteiger partial charge in [-0.2, -0.15) is 0 Å². The first kappa shape index (κ1) is 10.7. The van der Waals surface area contributed by atoms with Crippen LogP contribution in [0.3, 0.4) is 0 Å². The normalized spacial score (nSPS) is 14.6. The summed E-state index contributed by atoms with van der Waals surface area (Å²) in [5.41, 5.74) is 0. The minimum Gasteiger partial charge on any atom is -0.107 e. The first-order chi connectivity index (χ1) is 3.00. The Balaban J connectivity index is 0. The molecule has 46 valence electrons. The highest BCUT2D eigenvalue weighted by Gasteiger charge is 1.95. The molecule has 0 saturated heterocycles. The predicted molar refractivity (Wildman–Crippen MR) is 45.2 cm³/mol. The van der Waals surface area contributed by atoms with Crippen LogP contribution in [0.15, 0.2) is 0 Å². The second kappa shape index (κ2) is 9.88. The average Bonchev–Trinajstić information content (AvgIpc) is 1.36. The zero-order chi connectivity index (χ0) is 4.83. The molecule has 1 aliphatic rings. The van der Waals surface area contributed by atoms with Gasteiger partial charge in [-0.05, 0) is 0 Å². The molecular formula is C6H15I. The minimum atomic E-state index is 0. The highest BCUT2D eigenvalue weighted by atomic mass is 127. The summed E-state index contributed by atoms with van der Waals surface area (Å²) < 4.78 is 0. The lowest BCUT2D eigenvalue weighted by Crippen LogP contribution is -1.85. The molecule has 0 nitrogen and oxygen atoms in total. The van der Waals surface area contributed by atoms with Crippen molar-refractivity contribution < 1.29 is 0 Å². The second-order valence-electron chi connectivity index (χ2n) is 1.41. The van der Waals surface area contributed by atoms with Crippen LogP contribution in [0.4, 0.5) is 0 Å². The highest BCUT2D eigenvalue weighted by molar-refractivity contribution is 14.0. The van der Waals surface area contributed by atoms with E-state index in [1.54, 1.807) is 0 Å². The fourth-order valence-corrected chi connectivity index (χ4v) is 0.250.